The molecule has 0 spiro atoms. The number of aryl methyl sites for hydroxylation is 1. The Hall–Kier alpha value is -2.84. The fourth-order valence-electron chi connectivity index (χ4n) is 2.40. The van der Waals surface area contributed by atoms with Crippen LogP contribution in [0.2, 0.25) is 0 Å². The van der Waals surface area contributed by atoms with Crippen LogP contribution in [0.5, 0.6) is 0 Å². The Morgan fingerprint density at radius 2 is 2.00 bits per heavy atom. The Kier molecular flexibility index (Phi) is 5.69. The van der Waals surface area contributed by atoms with Crippen molar-refractivity contribution in [1.82, 2.24) is 14.9 Å². The lowest BCUT2D eigenvalue weighted by molar-refractivity contribution is -0.138. The van der Waals surface area contributed by atoms with Gasteiger partial charge in [-0.25, -0.2) is 4.98 Å². The zero-order valence-corrected chi connectivity index (χ0v) is 14.2. The van der Waals surface area contributed by atoms with Gasteiger partial charge < -0.3 is 15.0 Å². The van der Waals surface area contributed by atoms with E-state index in [4.69, 9.17) is 5.11 Å². The maximum absolute atomic E-state index is 12.8. The number of nitrogens with one attached hydrogen (secondary N) is 1. The van der Waals surface area contributed by atoms with E-state index in [-0.39, 0.29) is 30.0 Å². The number of nitrogens with zero attached hydrogens (tertiary/aromatic N) is 2. The van der Waals surface area contributed by atoms with Gasteiger partial charge in [0.2, 0.25) is 0 Å². The van der Waals surface area contributed by atoms with Crippen molar-refractivity contribution < 1.29 is 27.9 Å². The molecule has 0 bridgehead atoms. The number of alkyl halides is 3. The second-order valence-corrected chi connectivity index (χ2v) is 5.86. The summed E-state index contributed by atoms with van der Waals surface area (Å²) in [4.78, 5) is 31.3. The van der Waals surface area contributed by atoms with E-state index in [1.807, 2.05) is 0 Å². The number of carbonyl (C=O) groups excluding carboxylic acids is 1. The molecule has 6 nitrogen and oxygen atoms in total. The van der Waals surface area contributed by atoms with Crippen molar-refractivity contribution in [2.75, 3.05) is 13.6 Å². The summed E-state index contributed by atoms with van der Waals surface area (Å²) in [5.74, 6) is -1.22. The van der Waals surface area contributed by atoms with E-state index in [2.05, 4.69) is 9.97 Å². The number of amides is 1. The van der Waals surface area contributed by atoms with Crippen LogP contribution in [0.1, 0.15) is 34.6 Å². The molecule has 1 aromatic carbocycles. The van der Waals surface area contributed by atoms with Crippen LogP contribution in [0, 0.1) is 6.92 Å². The quantitative estimate of drug-likeness (QED) is 0.818. The van der Waals surface area contributed by atoms with Gasteiger partial charge in [-0.2, -0.15) is 13.2 Å². The zero-order chi connectivity index (χ0) is 19.5. The molecule has 1 aromatic heterocycles. The average Bonchev–Trinajstić information content (AvgIpc) is 2.95. The number of carboxylic acids is 1. The molecule has 0 aliphatic carbocycles. The van der Waals surface area contributed by atoms with Gasteiger partial charge in [0.1, 0.15) is 11.5 Å². The van der Waals surface area contributed by atoms with Crippen molar-refractivity contribution >= 4 is 11.9 Å². The third-order valence-electron chi connectivity index (χ3n) is 3.78. The average molecular weight is 369 g/mol. The molecule has 2 rings (SSSR count). The zero-order valence-electron chi connectivity index (χ0n) is 14.2. The first-order valence-electron chi connectivity index (χ1n) is 7.81. The number of H-pyrrole nitrogens is 1. The summed E-state index contributed by atoms with van der Waals surface area (Å²) in [6.45, 7) is 1.83. The number of halogens is 3. The van der Waals surface area contributed by atoms with Crippen LogP contribution >= 0.6 is 0 Å². The summed E-state index contributed by atoms with van der Waals surface area (Å²) in [5.41, 5.74) is -0.0686. The molecule has 1 heterocycles. The molecule has 140 valence electrons. The Bertz CT molecular complexity index is 815. The molecule has 26 heavy (non-hydrogen) atoms. The summed E-state index contributed by atoms with van der Waals surface area (Å²) < 4.78 is 38.5. The van der Waals surface area contributed by atoms with Gasteiger partial charge in [-0.1, -0.05) is 12.1 Å². The lowest BCUT2D eigenvalue weighted by Crippen LogP contribution is -2.29. The highest BCUT2D eigenvalue weighted by atomic mass is 19.4. The van der Waals surface area contributed by atoms with Crippen molar-refractivity contribution in [1.29, 1.82) is 0 Å². The van der Waals surface area contributed by atoms with Crippen molar-refractivity contribution in [3.63, 3.8) is 0 Å². The van der Waals surface area contributed by atoms with Gasteiger partial charge in [-0.3, -0.25) is 9.59 Å². The van der Waals surface area contributed by atoms with Gasteiger partial charge in [-0.15, -0.1) is 0 Å². The SMILES string of the molecule is Cc1[nH]c(-c2cccc(C(F)(F)F)c2)nc1C(=O)N(C)CCCC(=O)O. The first-order chi connectivity index (χ1) is 12.1. The van der Waals surface area contributed by atoms with E-state index in [0.717, 1.165) is 12.1 Å². The van der Waals surface area contributed by atoms with Crippen LogP contribution in [0.15, 0.2) is 24.3 Å². The van der Waals surface area contributed by atoms with Crippen LogP contribution in [0.3, 0.4) is 0 Å². The number of imidazole rings is 1. The molecule has 0 unspecified atom stereocenters. The van der Waals surface area contributed by atoms with Gasteiger partial charge in [0.05, 0.1) is 5.56 Å². The number of carboxylic acid groups (broad SMARTS) is 1. The van der Waals surface area contributed by atoms with Gasteiger partial charge in [0.25, 0.3) is 5.91 Å². The molecule has 0 saturated heterocycles. The van der Waals surface area contributed by atoms with Crippen LogP contribution in [0.4, 0.5) is 13.2 Å². The van der Waals surface area contributed by atoms with Crippen LogP contribution in [-0.2, 0) is 11.0 Å². The number of aromatic amines is 1. The fourth-order valence-corrected chi connectivity index (χ4v) is 2.40. The highest BCUT2D eigenvalue weighted by molar-refractivity contribution is 5.94. The van der Waals surface area contributed by atoms with Crippen molar-refractivity contribution in [3.8, 4) is 11.4 Å². The van der Waals surface area contributed by atoms with Crippen molar-refractivity contribution in [2.45, 2.75) is 25.9 Å². The largest absolute Gasteiger partial charge is 0.481 e. The highest BCUT2D eigenvalue weighted by Gasteiger charge is 2.30. The molecule has 0 aliphatic rings. The topological polar surface area (TPSA) is 86.3 Å². The van der Waals surface area contributed by atoms with E-state index in [0.29, 0.717) is 12.1 Å². The second kappa shape index (κ2) is 7.59. The van der Waals surface area contributed by atoms with E-state index < -0.39 is 23.6 Å². The van der Waals surface area contributed by atoms with Crippen molar-refractivity contribution in [2.24, 2.45) is 0 Å². The summed E-state index contributed by atoms with van der Waals surface area (Å²) in [5, 5.41) is 8.63. The standard InChI is InChI=1S/C17H18F3N3O3/c1-10-14(16(26)23(2)8-4-7-13(24)25)22-15(21-10)11-5-3-6-12(9-11)17(18,19)20/h3,5-6,9H,4,7-8H2,1-2H3,(H,21,22)(H,24,25). The number of carbonyl (C=O) groups is 2. The molecule has 0 atom stereocenters. The molecule has 0 radical (unpaired) electrons. The number of hydrogen-bond donors (Lipinski definition) is 2. The Balaban J connectivity index is 2.21. The monoisotopic (exact) mass is 369 g/mol. The van der Waals surface area contributed by atoms with E-state index in [1.165, 1.54) is 24.1 Å². The lowest BCUT2D eigenvalue weighted by atomic mass is 10.1. The number of hydrogen-bond acceptors (Lipinski definition) is 3. The third kappa shape index (κ3) is 4.62. The minimum atomic E-state index is -4.47. The molecule has 0 aliphatic heterocycles. The van der Waals surface area contributed by atoms with Gasteiger partial charge in [0.15, 0.2) is 0 Å². The number of rotatable bonds is 6. The van der Waals surface area contributed by atoms with E-state index >= 15 is 0 Å². The second-order valence-electron chi connectivity index (χ2n) is 5.86. The Morgan fingerprint density at radius 3 is 2.62 bits per heavy atom. The van der Waals surface area contributed by atoms with Crippen LogP contribution < -0.4 is 0 Å². The predicted molar refractivity (Wildman–Crippen MR) is 87.6 cm³/mol. The molecule has 2 N–H and O–H groups in total. The van der Waals surface area contributed by atoms with Gasteiger partial charge >= 0.3 is 12.1 Å². The van der Waals surface area contributed by atoms with E-state index in [9.17, 15) is 22.8 Å². The molecule has 2 aromatic rings. The normalized spacial score (nSPS) is 11.4. The molecule has 9 heteroatoms. The molecule has 0 saturated carbocycles. The summed E-state index contributed by atoms with van der Waals surface area (Å²) >= 11 is 0. The maximum atomic E-state index is 12.8. The minimum absolute atomic E-state index is 0.0628. The minimum Gasteiger partial charge on any atom is -0.481 e. The first-order valence-corrected chi connectivity index (χ1v) is 7.81. The maximum Gasteiger partial charge on any atom is 0.416 e. The number of benzene rings is 1. The Labute approximate surface area is 147 Å². The molecule has 0 fully saturated rings. The number of aliphatic carboxylic acids is 1. The Morgan fingerprint density at radius 1 is 1.31 bits per heavy atom. The molecular weight excluding hydrogens is 351 g/mol. The lowest BCUT2D eigenvalue weighted by Gasteiger charge is -2.15. The highest BCUT2D eigenvalue weighted by Crippen LogP contribution is 2.31. The smallest absolute Gasteiger partial charge is 0.416 e. The van der Waals surface area contributed by atoms with Crippen molar-refractivity contribution in [3.05, 3.63) is 41.2 Å². The molecular formula is C17H18F3N3O3. The summed E-state index contributed by atoms with van der Waals surface area (Å²) in [7, 11) is 1.52. The molecule has 1 amide bonds. The van der Waals surface area contributed by atoms with Crippen LogP contribution in [0.25, 0.3) is 11.4 Å². The summed E-state index contributed by atoms with van der Waals surface area (Å²) in [6.07, 6.45) is -4.24. The fraction of sp³-hybridized carbons (Fsp3) is 0.353. The van der Waals surface area contributed by atoms with Gasteiger partial charge in [-0.05, 0) is 25.5 Å². The van der Waals surface area contributed by atoms with Gasteiger partial charge in [0, 0.05) is 31.3 Å². The van der Waals surface area contributed by atoms with Crippen LogP contribution in [-0.4, -0.2) is 45.4 Å². The predicted octanol–water partition coefficient (Wildman–Crippen LogP) is 3.34. The third-order valence-corrected chi connectivity index (χ3v) is 3.78. The summed E-state index contributed by atoms with van der Waals surface area (Å²) in [6, 6.07) is 4.67. The first kappa shape index (κ1) is 19.5. The number of aromatic nitrogens is 2. The van der Waals surface area contributed by atoms with E-state index in [1.54, 1.807) is 6.92 Å².